The largest absolute Gasteiger partial charge is 0.365 e. The van der Waals surface area contributed by atoms with Crippen molar-refractivity contribution in [1.29, 1.82) is 0 Å². The van der Waals surface area contributed by atoms with Crippen LogP contribution in [0.2, 0.25) is 0 Å². The Bertz CT molecular complexity index is 702. The molecule has 0 radical (unpaired) electrons. The van der Waals surface area contributed by atoms with Crippen LogP contribution in [0.5, 0.6) is 0 Å². The molecule has 0 saturated carbocycles. The van der Waals surface area contributed by atoms with E-state index in [9.17, 15) is 9.59 Å². The molecule has 1 aliphatic rings. The summed E-state index contributed by atoms with van der Waals surface area (Å²) in [5.41, 5.74) is 0.868. The fourth-order valence-corrected chi connectivity index (χ4v) is 3.59. The summed E-state index contributed by atoms with van der Waals surface area (Å²) in [4.78, 5) is 25.4. The molecule has 108 valence electrons. The number of rotatable bonds is 4. The lowest BCUT2D eigenvalue weighted by atomic mass is 10.1. The molecule has 1 saturated heterocycles. The van der Waals surface area contributed by atoms with Gasteiger partial charge in [0, 0.05) is 22.9 Å². The van der Waals surface area contributed by atoms with Crippen molar-refractivity contribution in [3.8, 4) is 0 Å². The molecule has 0 aliphatic carbocycles. The van der Waals surface area contributed by atoms with Crippen molar-refractivity contribution in [2.75, 3.05) is 17.2 Å². The Morgan fingerprint density at radius 2 is 1.90 bits per heavy atom. The molecular weight excluding hydrogens is 352 g/mol. The van der Waals surface area contributed by atoms with E-state index in [0.29, 0.717) is 11.9 Å². The standard InChI is InChI=1S/C15H13BrN2O2S/c16-8-9-18-14(19)13(21-15(18)20)17-12-7-3-5-10-4-1-2-6-11(10)12/h1-7,13,17H,8-9H2. The first-order valence-electron chi connectivity index (χ1n) is 6.53. The molecule has 0 spiro atoms. The zero-order chi connectivity index (χ0) is 14.8. The van der Waals surface area contributed by atoms with Crippen LogP contribution in [0.4, 0.5) is 10.5 Å². The highest BCUT2D eigenvalue weighted by Crippen LogP contribution is 2.31. The first kappa shape index (κ1) is 14.4. The number of hydrogen-bond acceptors (Lipinski definition) is 4. The van der Waals surface area contributed by atoms with Gasteiger partial charge in [-0.05, 0) is 23.2 Å². The molecule has 2 amide bonds. The van der Waals surface area contributed by atoms with Crippen molar-refractivity contribution in [2.45, 2.75) is 5.37 Å². The molecule has 0 bridgehead atoms. The minimum absolute atomic E-state index is 0.183. The van der Waals surface area contributed by atoms with E-state index in [-0.39, 0.29) is 11.1 Å². The average Bonchev–Trinajstić information content (AvgIpc) is 2.76. The van der Waals surface area contributed by atoms with Gasteiger partial charge in [0.1, 0.15) is 0 Å². The first-order valence-corrected chi connectivity index (χ1v) is 8.53. The van der Waals surface area contributed by atoms with Gasteiger partial charge in [-0.3, -0.25) is 14.5 Å². The number of nitrogens with zero attached hydrogens (tertiary/aromatic N) is 1. The monoisotopic (exact) mass is 364 g/mol. The predicted molar refractivity (Wildman–Crippen MR) is 89.9 cm³/mol. The number of nitrogens with one attached hydrogen (secondary N) is 1. The van der Waals surface area contributed by atoms with Crippen LogP contribution in [0.3, 0.4) is 0 Å². The number of alkyl halides is 1. The third-order valence-electron chi connectivity index (χ3n) is 3.31. The molecule has 6 heteroatoms. The number of carbonyl (C=O) groups is 2. The minimum atomic E-state index is -0.553. The maximum atomic E-state index is 12.2. The number of hydrogen-bond donors (Lipinski definition) is 1. The second-order valence-corrected chi connectivity index (χ2v) is 6.46. The quantitative estimate of drug-likeness (QED) is 0.840. The Morgan fingerprint density at radius 3 is 2.71 bits per heavy atom. The molecule has 0 aromatic heterocycles. The number of anilines is 1. The highest BCUT2D eigenvalue weighted by atomic mass is 79.9. The fourth-order valence-electron chi connectivity index (χ4n) is 2.32. The molecule has 2 aromatic carbocycles. The van der Waals surface area contributed by atoms with Crippen LogP contribution in [0.25, 0.3) is 10.8 Å². The van der Waals surface area contributed by atoms with Gasteiger partial charge in [0.15, 0.2) is 5.37 Å². The van der Waals surface area contributed by atoms with Gasteiger partial charge in [0.05, 0.1) is 0 Å². The van der Waals surface area contributed by atoms with Crippen LogP contribution < -0.4 is 5.32 Å². The molecule has 3 rings (SSSR count). The molecule has 1 unspecified atom stereocenters. The topological polar surface area (TPSA) is 49.4 Å². The van der Waals surface area contributed by atoms with E-state index in [1.54, 1.807) is 0 Å². The van der Waals surface area contributed by atoms with Crippen LogP contribution in [0.1, 0.15) is 0 Å². The van der Waals surface area contributed by atoms with Gasteiger partial charge in [-0.25, -0.2) is 0 Å². The molecule has 1 fully saturated rings. The van der Waals surface area contributed by atoms with Crippen LogP contribution in [0.15, 0.2) is 42.5 Å². The molecule has 4 nitrogen and oxygen atoms in total. The van der Waals surface area contributed by atoms with Crippen molar-refractivity contribution < 1.29 is 9.59 Å². The van der Waals surface area contributed by atoms with Crippen LogP contribution in [-0.4, -0.2) is 33.3 Å². The van der Waals surface area contributed by atoms with E-state index in [1.165, 1.54) is 4.90 Å². The van der Waals surface area contributed by atoms with Gasteiger partial charge in [0.2, 0.25) is 0 Å². The highest BCUT2D eigenvalue weighted by Gasteiger charge is 2.39. The van der Waals surface area contributed by atoms with E-state index in [4.69, 9.17) is 0 Å². The van der Waals surface area contributed by atoms with Gasteiger partial charge in [-0.1, -0.05) is 52.3 Å². The van der Waals surface area contributed by atoms with Crippen LogP contribution in [0, 0.1) is 0 Å². The van der Waals surface area contributed by atoms with Crippen molar-refractivity contribution >= 4 is 55.3 Å². The molecule has 21 heavy (non-hydrogen) atoms. The third-order valence-corrected chi connectivity index (χ3v) is 4.65. The van der Waals surface area contributed by atoms with E-state index in [2.05, 4.69) is 21.2 Å². The third kappa shape index (κ3) is 2.78. The number of fused-ring (bicyclic) bond motifs is 1. The number of imide groups is 1. The molecule has 1 N–H and O–H groups in total. The number of halogens is 1. The van der Waals surface area contributed by atoms with E-state index < -0.39 is 5.37 Å². The van der Waals surface area contributed by atoms with Gasteiger partial charge >= 0.3 is 0 Å². The maximum absolute atomic E-state index is 12.2. The summed E-state index contributed by atoms with van der Waals surface area (Å²) >= 11 is 4.29. The Balaban J connectivity index is 1.86. The molecule has 1 heterocycles. The number of carbonyl (C=O) groups excluding carboxylic acids is 2. The van der Waals surface area contributed by atoms with Crippen molar-refractivity contribution in [2.24, 2.45) is 0 Å². The predicted octanol–water partition coefficient (Wildman–Crippen LogP) is 3.67. The number of thioether (sulfide) groups is 1. The normalized spacial score (nSPS) is 18.5. The second kappa shape index (κ2) is 6.07. The molecule has 1 atom stereocenters. The summed E-state index contributed by atoms with van der Waals surface area (Å²) in [6.45, 7) is 0.401. The lowest BCUT2D eigenvalue weighted by molar-refractivity contribution is -0.125. The molecule has 1 aliphatic heterocycles. The summed E-state index contributed by atoms with van der Waals surface area (Å²) in [6.07, 6.45) is 0. The summed E-state index contributed by atoms with van der Waals surface area (Å²) < 4.78 is 0. The summed E-state index contributed by atoms with van der Waals surface area (Å²) in [6, 6.07) is 13.8. The van der Waals surface area contributed by atoms with Crippen LogP contribution >= 0.6 is 27.7 Å². The van der Waals surface area contributed by atoms with Crippen LogP contribution in [-0.2, 0) is 4.79 Å². The Hall–Kier alpha value is -1.53. The smallest absolute Gasteiger partial charge is 0.290 e. The Morgan fingerprint density at radius 1 is 1.14 bits per heavy atom. The van der Waals surface area contributed by atoms with Crippen molar-refractivity contribution in [3.63, 3.8) is 0 Å². The van der Waals surface area contributed by atoms with Crippen molar-refractivity contribution in [3.05, 3.63) is 42.5 Å². The zero-order valence-corrected chi connectivity index (χ0v) is 13.5. The number of benzene rings is 2. The molecular formula is C15H13BrN2O2S. The van der Waals surface area contributed by atoms with Gasteiger partial charge < -0.3 is 5.32 Å². The summed E-state index contributed by atoms with van der Waals surface area (Å²) in [5.74, 6) is -0.183. The lowest BCUT2D eigenvalue weighted by Gasteiger charge is -2.15. The van der Waals surface area contributed by atoms with Crippen molar-refractivity contribution in [1.82, 2.24) is 4.90 Å². The highest BCUT2D eigenvalue weighted by molar-refractivity contribution is 9.09. The van der Waals surface area contributed by atoms with E-state index in [1.807, 2.05) is 42.5 Å². The second-order valence-electron chi connectivity index (χ2n) is 4.61. The van der Waals surface area contributed by atoms with Gasteiger partial charge in [-0.15, -0.1) is 0 Å². The first-order chi connectivity index (χ1) is 10.2. The zero-order valence-electron chi connectivity index (χ0n) is 11.1. The van der Waals surface area contributed by atoms with E-state index in [0.717, 1.165) is 28.2 Å². The maximum Gasteiger partial charge on any atom is 0.290 e. The Kier molecular flexibility index (Phi) is 4.17. The molecule has 2 aromatic rings. The summed E-state index contributed by atoms with van der Waals surface area (Å²) in [7, 11) is 0. The minimum Gasteiger partial charge on any atom is -0.365 e. The fraction of sp³-hybridized carbons (Fsp3) is 0.200. The SMILES string of the molecule is O=C1SC(Nc2cccc3ccccc23)C(=O)N1CCBr. The van der Waals surface area contributed by atoms with Gasteiger partial charge in [-0.2, -0.15) is 0 Å². The van der Waals surface area contributed by atoms with Gasteiger partial charge in [0.25, 0.3) is 11.1 Å². The summed E-state index contributed by atoms with van der Waals surface area (Å²) in [5, 5.41) is 5.17. The lowest BCUT2D eigenvalue weighted by Crippen LogP contribution is -2.35. The average molecular weight is 365 g/mol. The van der Waals surface area contributed by atoms with E-state index >= 15 is 0 Å². The number of amides is 2. The Labute approximate surface area is 135 Å².